The molecule has 1 aromatic carbocycles. The summed E-state index contributed by atoms with van der Waals surface area (Å²) in [5, 5.41) is 12.0. The van der Waals surface area contributed by atoms with Crippen molar-refractivity contribution in [1.82, 2.24) is 10.3 Å². The standard InChI is InChI=1S/C9H9N.C6H11NO3S.C2H2.Pd/c1-7-6-10-9-5-3-2-4-8(7)9;1-4(6(9)10)7-5(8)2-3-11;1-2;/h2-6,10H,1H3;4,11H,2-3H2,1H3,(H,7,8)(H,9,10);1-2H;/p-1/t;4-;;/m.0../s1. The van der Waals surface area contributed by atoms with Gasteiger partial charge in [-0.3, -0.25) is 9.59 Å². The van der Waals surface area contributed by atoms with Crippen molar-refractivity contribution in [3.8, 4) is 12.8 Å². The first-order valence-electron chi connectivity index (χ1n) is 6.92. The summed E-state index contributed by atoms with van der Waals surface area (Å²) in [5.41, 5.74) is 2.54. The number of nitrogens with one attached hydrogen (secondary N) is 2. The van der Waals surface area contributed by atoms with Gasteiger partial charge in [0.05, 0.1) is 0 Å². The Labute approximate surface area is 161 Å². The van der Waals surface area contributed by atoms with Crippen LogP contribution in [-0.2, 0) is 42.6 Å². The maximum atomic E-state index is 10.7. The zero-order valence-electron chi connectivity index (χ0n) is 13.5. The van der Waals surface area contributed by atoms with Crippen molar-refractivity contribution in [2.45, 2.75) is 26.3 Å². The fourth-order valence-corrected chi connectivity index (χ4v) is 1.87. The van der Waals surface area contributed by atoms with Gasteiger partial charge in [-0.15, -0.1) is 12.8 Å². The van der Waals surface area contributed by atoms with Gasteiger partial charge in [0.25, 0.3) is 0 Å². The Bertz CT molecular complexity index is 655. The number of amides is 1. The Balaban J connectivity index is 0. The van der Waals surface area contributed by atoms with Crippen LogP contribution >= 0.6 is 0 Å². The van der Waals surface area contributed by atoms with Crippen LogP contribution in [0.1, 0.15) is 18.9 Å². The van der Waals surface area contributed by atoms with E-state index in [9.17, 15) is 9.59 Å². The van der Waals surface area contributed by atoms with Crippen LogP contribution in [0.5, 0.6) is 0 Å². The molecule has 0 radical (unpaired) electrons. The molecule has 2 rings (SSSR count). The summed E-state index contributed by atoms with van der Waals surface area (Å²) in [5.74, 6) is -1.03. The number of rotatable bonds is 4. The second-order valence-corrected chi connectivity index (χ2v) is 5.01. The molecule has 1 amide bonds. The van der Waals surface area contributed by atoms with Gasteiger partial charge in [-0.25, -0.2) is 0 Å². The van der Waals surface area contributed by atoms with E-state index in [0.29, 0.717) is 5.75 Å². The minimum atomic E-state index is -1.04. The van der Waals surface area contributed by atoms with Gasteiger partial charge in [-0.1, -0.05) is 18.2 Å². The van der Waals surface area contributed by atoms with E-state index >= 15 is 0 Å². The van der Waals surface area contributed by atoms with Gasteiger partial charge >= 0.3 is 5.97 Å². The quantitative estimate of drug-likeness (QED) is 0.387. The van der Waals surface area contributed by atoms with E-state index in [1.807, 2.05) is 12.3 Å². The van der Waals surface area contributed by atoms with Gasteiger partial charge < -0.3 is 28.0 Å². The molecule has 1 heterocycles. The number of aliphatic carboxylic acids is 1. The molecule has 134 valence electrons. The van der Waals surface area contributed by atoms with Crippen LogP contribution in [0.2, 0.25) is 0 Å². The summed E-state index contributed by atoms with van der Waals surface area (Å²) in [6.45, 7) is 3.52. The number of para-hydroxylation sites is 1. The summed E-state index contributed by atoms with van der Waals surface area (Å²) in [7, 11) is 0. The van der Waals surface area contributed by atoms with Crippen LogP contribution in [0, 0.1) is 19.8 Å². The van der Waals surface area contributed by atoms with Gasteiger partial charge in [0.2, 0.25) is 5.91 Å². The first kappa shape index (κ1) is 24.5. The van der Waals surface area contributed by atoms with Crippen LogP contribution in [-0.4, -0.2) is 33.8 Å². The van der Waals surface area contributed by atoms with Crippen LogP contribution < -0.4 is 5.32 Å². The van der Waals surface area contributed by atoms with Crippen LogP contribution in [0.3, 0.4) is 0 Å². The van der Waals surface area contributed by atoms with E-state index in [0.717, 1.165) is 0 Å². The van der Waals surface area contributed by atoms with Crippen LogP contribution in [0.4, 0.5) is 0 Å². The van der Waals surface area contributed by atoms with Crippen molar-refractivity contribution >= 4 is 35.4 Å². The zero-order valence-corrected chi connectivity index (χ0v) is 15.9. The number of carbonyl (C=O) groups excluding carboxylic acids is 1. The van der Waals surface area contributed by atoms with Crippen molar-refractivity contribution < 1.29 is 35.1 Å². The number of aromatic nitrogens is 1. The molecule has 0 saturated heterocycles. The van der Waals surface area contributed by atoms with Gasteiger partial charge in [-0.2, -0.15) is 5.75 Å². The van der Waals surface area contributed by atoms with E-state index in [2.05, 4.69) is 60.9 Å². The molecule has 0 saturated carbocycles. The molecule has 1 atom stereocenters. The predicted molar refractivity (Wildman–Crippen MR) is 95.0 cm³/mol. The van der Waals surface area contributed by atoms with E-state index in [-0.39, 0.29) is 32.8 Å². The van der Waals surface area contributed by atoms with Crippen LogP contribution in [0.15, 0.2) is 30.5 Å². The number of terminal acetylenes is 1. The second-order valence-electron chi connectivity index (χ2n) is 4.60. The largest absolute Gasteiger partial charge is 0.792 e. The minimum Gasteiger partial charge on any atom is -0.792 e. The average Bonchev–Trinajstić information content (AvgIpc) is 2.92. The number of fused-ring (bicyclic) bond motifs is 1. The Hall–Kier alpha value is -1.73. The van der Waals surface area contributed by atoms with Crippen molar-refractivity contribution in [2.24, 2.45) is 0 Å². The fourth-order valence-electron chi connectivity index (χ4n) is 1.68. The SMILES string of the molecule is C#C.C[C@H](NC(=O)CC[S-])C(=O)O.Cc1c[nH]c2ccccc12.[Pd]. The Morgan fingerprint density at radius 1 is 1.33 bits per heavy atom. The molecule has 3 N–H and O–H groups in total. The molecule has 0 bridgehead atoms. The molecule has 2 aromatic rings. The number of carbonyl (C=O) groups is 2. The molecule has 24 heavy (non-hydrogen) atoms. The summed E-state index contributed by atoms with van der Waals surface area (Å²) in [6, 6.07) is 7.48. The Kier molecular flexibility index (Phi) is 14.0. The number of aromatic amines is 1. The first-order chi connectivity index (χ1) is 11.0. The number of H-pyrrole nitrogens is 1. The molecule has 7 heteroatoms. The van der Waals surface area contributed by atoms with Gasteiger partial charge in [-0.05, 0) is 25.5 Å². The maximum Gasteiger partial charge on any atom is 0.325 e. The normalized spacial score (nSPS) is 10.0. The molecule has 0 fully saturated rings. The number of carboxylic acids is 1. The molecule has 0 aliphatic rings. The predicted octanol–water partition coefficient (Wildman–Crippen LogP) is 2.24. The average molecular weight is 440 g/mol. The van der Waals surface area contributed by atoms with E-state index in [1.165, 1.54) is 23.4 Å². The smallest absolute Gasteiger partial charge is 0.325 e. The van der Waals surface area contributed by atoms with Crippen molar-refractivity contribution in [3.63, 3.8) is 0 Å². The van der Waals surface area contributed by atoms with Gasteiger partial charge in [0, 0.05) is 43.9 Å². The molecule has 5 nitrogen and oxygen atoms in total. The van der Waals surface area contributed by atoms with Crippen molar-refractivity contribution in [3.05, 3.63) is 36.0 Å². The maximum absolute atomic E-state index is 10.7. The summed E-state index contributed by atoms with van der Waals surface area (Å²) in [6.07, 6.45) is 10.2. The third-order valence-electron chi connectivity index (χ3n) is 2.87. The molecular formula is C17H21N2O3PdS-. The van der Waals surface area contributed by atoms with Gasteiger partial charge in [0.15, 0.2) is 0 Å². The second kappa shape index (κ2) is 13.7. The summed E-state index contributed by atoms with van der Waals surface area (Å²) >= 11 is 4.54. The van der Waals surface area contributed by atoms with Crippen molar-refractivity contribution in [1.29, 1.82) is 0 Å². The summed E-state index contributed by atoms with van der Waals surface area (Å²) < 4.78 is 0. The number of benzene rings is 1. The van der Waals surface area contributed by atoms with Gasteiger partial charge in [0.1, 0.15) is 6.04 Å². The molecule has 0 unspecified atom stereocenters. The Morgan fingerprint density at radius 2 is 1.92 bits per heavy atom. The summed E-state index contributed by atoms with van der Waals surface area (Å²) in [4.78, 5) is 24.1. The molecule has 0 spiro atoms. The van der Waals surface area contributed by atoms with E-state index in [1.54, 1.807) is 0 Å². The minimum absolute atomic E-state index is 0. The van der Waals surface area contributed by atoms with Crippen molar-refractivity contribution in [2.75, 3.05) is 5.75 Å². The van der Waals surface area contributed by atoms with E-state index < -0.39 is 12.0 Å². The topological polar surface area (TPSA) is 82.2 Å². The number of hydrogen-bond donors (Lipinski definition) is 3. The van der Waals surface area contributed by atoms with Crippen LogP contribution in [0.25, 0.3) is 10.9 Å². The third kappa shape index (κ3) is 8.79. The first-order valence-corrected chi connectivity index (χ1v) is 7.49. The Morgan fingerprint density at radius 3 is 2.42 bits per heavy atom. The molecule has 0 aliphatic heterocycles. The molecule has 0 aliphatic carbocycles. The number of carboxylic acid groups (broad SMARTS) is 1. The molecular weight excluding hydrogens is 419 g/mol. The molecule has 1 aromatic heterocycles. The van der Waals surface area contributed by atoms with E-state index in [4.69, 9.17) is 5.11 Å². The fraction of sp³-hybridized carbons (Fsp3) is 0.294. The number of hydrogen-bond acceptors (Lipinski definition) is 3. The zero-order chi connectivity index (χ0) is 17.8. The third-order valence-corrected chi connectivity index (χ3v) is 3.08. The monoisotopic (exact) mass is 439 g/mol. The number of aryl methyl sites for hydroxylation is 1.